The average molecular weight is 259 g/mol. The van der Waals surface area contributed by atoms with Crippen molar-refractivity contribution >= 4 is 0 Å². The van der Waals surface area contributed by atoms with Crippen LogP contribution in [0.25, 0.3) is 0 Å². The third-order valence-corrected chi connectivity index (χ3v) is 4.82. The second-order valence-corrected chi connectivity index (χ2v) is 6.22. The Balaban J connectivity index is 1.62. The minimum absolute atomic E-state index is 0.0697. The molecule has 0 saturated heterocycles. The Kier molecular flexibility index (Phi) is 4.19. The molecule has 2 atom stereocenters. The lowest BCUT2D eigenvalue weighted by atomic mass is 9.94. The molecular weight excluding hydrogens is 234 g/mol. The Morgan fingerprint density at radius 2 is 1.84 bits per heavy atom. The third kappa shape index (κ3) is 3.18. The summed E-state index contributed by atoms with van der Waals surface area (Å²) < 4.78 is 0. The predicted molar refractivity (Wildman–Crippen MR) is 78.0 cm³/mol. The molecule has 0 amide bonds. The van der Waals surface area contributed by atoms with Gasteiger partial charge >= 0.3 is 0 Å². The summed E-state index contributed by atoms with van der Waals surface area (Å²) >= 11 is 0. The summed E-state index contributed by atoms with van der Waals surface area (Å²) in [6, 6.07) is 8.80. The molecule has 1 aromatic carbocycles. The Bertz CT molecular complexity index is 417. The standard InChI is InChI=1S/C17H25NO/c19-17-9-3-1-2-8-16(17)13-18-11-10-14-6-4-5-7-15(14)12-18/h4-7,16-17,19H,1-3,8-13H2. The molecule has 1 saturated carbocycles. The van der Waals surface area contributed by atoms with E-state index in [2.05, 4.69) is 29.2 Å². The average Bonchev–Trinajstić information content (AvgIpc) is 2.64. The smallest absolute Gasteiger partial charge is 0.0580 e. The van der Waals surface area contributed by atoms with Crippen LogP contribution in [0.4, 0.5) is 0 Å². The third-order valence-electron chi connectivity index (χ3n) is 4.82. The van der Waals surface area contributed by atoms with Gasteiger partial charge in [-0.2, -0.15) is 0 Å². The minimum Gasteiger partial charge on any atom is -0.393 e. The first kappa shape index (κ1) is 13.1. The minimum atomic E-state index is -0.0697. The molecular formula is C17H25NO. The van der Waals surface area contributed by atoms with Crippen LogP contribution < -0.4 is 0 Å². The summed E-state index contributed by atoms with van der Waals surface area (Å²) in [6.07, 6.45) is 7.12. The van der Waals surface area contributed by atoms with E-state index in [0.29, 0.717) is 5.92 Å². The van der Waals surface area contributed by atoms with E-state index >= 15 is 0 Å². The van der Waals surface area contributed by atoms with Crippen LogP contribution in [-0.4, -0.2) is 29.2 Å². The maximum Gasteiger partial charge on any atom is 0.0580 e. The Labute approximate surface area is 116 Å². The van der Waals surface area contributed by atoms with Gasteiger partial charge in [0.05, 0.1) is 6.10 Å². The van der Waals surface area contributed by atoms with Crippen LogP contribution in [0.2, 0.25) is 0 Å². The van der Waals surface area contributed by atoms with Crippen molar-refractivity contribution in [3.05, 3.63) is 35.4 Å². The monoisotopic (exact) mass is 259 g/mol. The first-order valence-corrected chi connectivity index (χ1v) is 7.80. The highest BCUT2D eigenvalue weighted by atomic mass is 16.3. The fourth-order valence-corrected chi connectivity index (χ4v) is 3.62. The van der Waals surface area contributed by atoms with E-state index in [1.54, 1.807) is 0 Å². The highest BCUT2D eigenvalue weighted by molar-refractivity contribution is 5.29. The first-order chi connectivity index (χ1) is 9.33. The fourth-order valence-electron chi connectivity index (χ4n) is 3.62. The molecule has 104 valence electrons. The summed E-state index contributed by atoms with van der Waals surface area (Å²) in [7, 11) is 0. The zero-order valence-corrected chi connectivity index (χ0v) is 11.7. The number of hydrogen-bond acceptors (Lipinski definition) is 2. The van der Waals surface area contributed by atoms with Crippen molar-refractivity contribution in [2.75, 3.05) is 13.1 Å². The lowest BCUT2D eigenvalue weighted by Gasteiger charge is -2.33. The van der Waals surface area contributed by atoms with Crippen molar-refractivity contribution in [1.29, 1.82) is 0 Å². The van der Waals surface area contributed by atoms with Crippen molar-refractivity contribution in [2.45, 2.75) is 51.2 Å². The van der Waals surface area contributed by atoms with Crippen LogP contribution in [0.3, 0.4) is 0 Å². The second-order valence-electron chi connectivity index (χ2n) is 6.22. The molecule has 2 nitrogen and oxygen atoms in total. The zero-order chi connectivity index (χ0) is 13.1. The van der Waals surface area contributed by atoms with Gasteiger partial charge in [-0.1, -0.05) is 43.5 Å². The number of benzene rings is 1. The van der Waals surface area contributed by atoms with Gasteiger partial charge in [-0.15, -0.1) is 0 Å². The quantitative estimate of drug-likeness (QED) is 0.825. The maximum absolute atomic E-state index is 10.2. The summed E-state index contributed by atoms with van der Waals surface area (Å²) in [5.41, 5.74) is 3.00. The van der Waals surface area contributed by atoms with Gasteiger partial charge in [-0.3, -0.25) is 4.90 Å². The predicted octanol–water partition coefficient (Wildman–Crippen LogP) is 2.99. The van der Waals surface area contributed by atoms with E-state index in [-0.39, 0.29) is 6.10 Å². The van der Waals surface area contributed by atoms with Gasteiger partial charge in [0.15, 0.2) is 0 Å². The van der Waals surface area contributed by atoms with Gasteiger partial charge in [0.2, 0.25) is 0 Å². The molecule has 0 bridgehead atoms. The molecule has 2 heteroatoms. The Morgan fingerprint density at radius 3 is 2.74 bits per heavy atom. The van der Waals surface area contributed by atoms with Crippen LogP contribution in [0.5, 0.6) is 0 Å². The lowest BCUT2D eigenvalue weighted by molar-refractivity contribution is 0.0698. The SMILES string of the molecule is OC1CCCCCC1CN1CCc2ccccc2C1. The van der Waals surface area contributed by atoms with Gasteiger partial charge in [0, 0.05) is 19.6 Å². The zero-order valence-electron chi connectivity index (χ0n) is 11.7. The highest BCUT2D eigenvalue weighted by Crippen LogP contribution is 2.26. The number of aliphatic hydroxyl groups is 1. The van der Waals surface area contributed by atoms with E-state index in [4.69, 9.17) is 0 Å². The molecule has 19 heavy (non-hydrogen) atoms. The summed E-state index contributed by atoms with van der Waals surface area (Å²) in [6.45, 7) is 3.30. The molecule has 2 unspecified atom stereocenters. The molecule has 1 fully saturated rings. The number of fused-ring (bicyclic) bond motifs is 1. The molecule has 1 aliphatic heterocycles. The fraction of sp³-hybridized carbons (Fsp3) is 0.647. The highest BCUT2D eigenvalue weighted by Gasteiger charge is 2.25. The molecule has 1 heterocycles. The largest absolute Gasteiger partial charge is 0.393 e. The van der Waals surface area contributed by atoms with Crippen LogP contribution in [0, 0.1) is 5.92 Å². The topological polar surface area (TPSA) is 23.5 Å². The van der Waals surface area contributed by atoms with Crippen LogP contribution in [0.1, 0.15) is 43.2 Å². The lowest BCUT2D eigenvalue weighted by Crippen LogP contribution is -2.38. The second kappa shape index (κ2) is 6.06. The van der Waals surface area contributed by atoms with Gasteiger partial charge < -0.3 is 5.11 Å². The molecule has 2 aliphatic rings. The molecule has 1 aliphatic carbocycles. The summed E-state index contributed by atoms with van der Waals surface area (Å²) in [5, 5.41) is 10.2. The van der Waals surface area contributed by atoms with E-state index in [1.165, 1.54) is 43.2 Å². The van der Waals surface area contributed by atoms with E-state index < -0.39 is 0 Å². The molecule has 3 rings (SSSR count). The van der Waals surface area contributed by atoms with Crippen molar-refractivity contribution in [3.8, 4) is 0 Å². The van der Waals surface area contributed by atoms with Crippen LogP contribution in [0.15, 0.2) is 24.3 Å². The van der Waals surface area contributed by atoms with Gasteiger partial charge in [-0.05, 0) is 36.3 Å². The summed E-state index contributed by atoms with van der Waals surface area (Å²) in [4.78, 5) is 2.54. The molecule has 0 aromatic heterocycles. The molecule has 1 aromatic rings. The van der Waals surface area contributed by atoms with Crippen LogP contribution >= 0.6 is 0 Å². The number of aliphatic hydroxyl groups excluding tert-OH is 1. The maximum atomic E-state index is 10.2. The molecule has 0 radical (unpaired) electrons. The normalized spacial score (nSPS) is 28.7. The number of nitrogens with zero attached hydrogens (tertiary/aromatic N) is 1. The van der Waals surface area contributed by atoms with Crippen molar-refractivity contribution in [2.24, 2.45) is 5.92 Å². The van der Waals surface area contributed by atoms with Crippen molar-refractivity contribution in [1.82, 2.24) is 4.90 Å². The number of rotatable bonds is 2. The van der Waals surface area contributed by atoms with Crippen molar-refractivity contribution < 1.29 is 5.11 Å². The molecule has 1 N–H and O–H groups in total. The van der Waals surface area contributed by atoms with Crippen molar-refractivity contribution in [3.63, 3.8) is 0 Å². The Hall–Kier alpha value is -0.860. The van der Waals surface area contributed by atoms with Crippen LogP contribution in [-0.2, 0) is 13.0 Å². The van der Waals surface area contributed by atoms with Gasteiger partial charge in [0.25, 0.3) is 0 Å². The van der Waals surface area contributed by atoms with E-state index in [9.17, 15) is 5.11 Å². The summed E-state index contributed by atoms with van der Waals surface area (Å²) in [5.74, 6) is 0.493. The first-order valence-electron chi connectivity index (χ1n) is 7.80. The Morgan fingerprint density at radius 1 is 1.05 bits per heavy atom. The molecule has 0 spiro atoms. The van der Waals surface area contributed by atoms with Gasteiger partial charge in [0.1, 0.15) is 0 Å². The number of hydrogen-bond donors (Lipinski definition) is 1. The van der Waals surface area contributed by atoms with Gasteiger partial charge in [-0.25, -0.2) is 0 Å². The van der Waals surface area contributed by atoms with E-state index in [1.807, 2.05) is 0 Å². The van der Waals surface area contributed by atoms with E-state index in [0.717, 1.165) is 26.1 Å².